The molecule has 0 saturated heterocycles. The van der Waals surface area contributed by atoms with Crippen LogP contribution in [-0.4, -0.2) is 4.98 Å². The van der Waals surface area contributed by atoms with Crippen LogP contribution in [0, 0.1) is 12.7 Å². The highest BCUT2D eigenvalue weighted by atomic mass is 19.1. The molecule has 2 rings (SSSR count). The van der Waals surface area contributed by atoms with Crippen LogP contribution in [0.5, 0.6) is 0 Å². The highest BCUT2D eigenvalue weighted by molar-refractivity contribution is 5.60. The maximum absolute atomic E-state index is 13.6. The molecule has 2 aromatic rings. The second kappa shape index (κ2) is 3.89. The van der Waals surface area contributed by atoms with E-state index in [0.717, 1.165) is 10.8 Å². The van der Waals surface area contributed by atoms with Gasteiger partial charge in [-0.05, 0) is 35.9 Å². The van der Waals surface area contributed by atoms with Crippen LogP contribution in [-0.2, 0) is 0 Å². The van der Waals surface area contributed by atoms with Crippen molar-refractivity contribution in [2.75, 3.05) is 0 Å². The van der Waals surface area contributed by atoms with Gasteiger partial charge in [0.25, 0.3) is 0 Å². The lowest BCUT2D eigenvalue weighted by molar-refractivity contribution is 0.630. The molecule has 2 heteroatoms. The highest BCUT2D eigenvalue weighted by Gasteiger charge is 2.05. The van der Waals surface area contributed by atoms with Gasteiger partial charge in [0.15, 0.2) is 0 Å². The van der Waals surface area contributed by atoms with Crippen molar-refractivity contribution in [3.63, 3.8) is 0 Å². The van der Waals surface area contributed by atoms with Gasteiger partial charge in [-0.25, -0.2) is 9.37 Å². The van der Waals surface area contributed by atoms with Gasteiger partial charge < -0.3 is 0 Å². The topological polar surface area (TPSA) is 12.9 Å². The standard InChI is InChI=1S/C14H12FN/c1-9-8-14(16-11(3)10(9)2)12-6-4-5-7-13(12)15/h4-8H,2-3H2,1H3. The molecular formula is C14H12FN. The van der Waals surface area contributed by atoms with E-state index in [9.17, 15) is 4.39 Å². The van der Waals surface area contributed by atoms with E-state index in [1.807, 2.05) is 13.0 Å². The number of nitrogens with zero attached hydrogens (tertiary/aromatic N) is 1. The summed E-state index contributed by atoms with van der Waals surface area (Å²) in [6.45, 7) is 9.58. The fourth-order valence-corrected chi connectivity index (χ4v) is 1.57. The van der Waals surface area contributed by atoms with Crippen molar-refractivity contribution in [2.45, 2.75) is 6.92 Å². The van der Waals surface area contributed by atoms with Crippen molar-refractivity contribution in [1.82, 2.24) is 4.98 Å². The molecule has 16 heavy (non-hydrogen) atoms. The van der Waals surface area contributed by atoms with Crippen LogP contribution in [0.4, 0.5) is 4.39 Å². The van der Waals surface area contributed by atoms with Crippen LogP contribution in [0.15, 0.2) is 30.3 Å². The van der Waals surface area contributed by atoms with Gasteiger partial charge in [0.05, 0.1) is 11.0 Å². The van der Waals surface area contributed by atoms with Gasteiger partial charge in [0, 0.05) is 5.56 Å². The molecule has 1 nitrogen and oxygen atoms in total. The van der Waals surface area contributed by atoms with Gasteiger partial charge in [-0.3, -0.25) is 0 Å². The van der Waals surface area contributed by atoms with Crippen molar-refractivity contribution >= 4 is 13.2 Å². The maximum Gasteiger partial charge on any atom is 0.132 e. The lowest BCUT2D eigenvalue weighted by Crippen LogP contribution is -2.28. The average Bonchev–Trinajstić information content (AvgIpc) is 2.26. The van der Waals surface area contributed by atoms with Gasteiger partial charge >= 0.3 is 0 Å². The first-order chi connectivity index (χ1) is 7.59. The fraction of sp³-hybridized carbons (Fsp3) is 0.0714. The molecule has 0 radical (unpaired) electrons. The molecule has 0 atom stereocenters. The summed E-state index contributed by atoms with van der Waals surface area (Å²) in [5.74, 6) is -0.273. The molecule has 1 heterocycles. The van der Waals surface area contributed by atoms with Crippen LogP contribution in [0.3, 0.4) is 0 Å². The first kappa shape index (κ1) is 10.6. The Balaban J connectivity index is 2.72. The zero-order valence-corrected chi connectivity index (χ0v) is 9.13. The van der Waals surface area contributed by atoms with Crippen LogP contribution in [0.1, 0.15) is 5.56 Å². The number of aryl methyl sites for hydroxylation is 1. The molecule has 0 aliphatic heterocycles. The Bertz CT molecular complexity index is 632. The van der Waals surface area contributed by atoms with E-state index >= 15 is 0 Å². The Morgan fingerprint density at radius 2 is 1.88 bits per heavy atom. The van der Waals surface area contributed by atoms with Crippen molar-refractivity contribution < 1.29 is 4.39 Å². The van der Waals surface area contributed by atoms with Gasteiger partial charge in [0.2, 0.25) is 0 Å². The van der Waals surface area contributed by atoms with E-state index in [1.165, 1.54) is 6.07 Å². The smallest absolute Gasteiger partial charge is 0.132 e. The zero-order chi connectivity index (χ0) is 11.7. The maximum atomic E-state index is 13.6. The molecule has 0 fully saturated rings. The Kier molecular flexibility index (Phi) is 2.57. The summed E-state index contributed by atoms with van der Waals surface area (Å²) >= 11 is 0. The molecule has 1 aromatic heterocycles. The predicted molar refractivity (Wildman–Crippen MR) is 64.7 cm³/mol. The van der Waals surface area contributed by atoms with E-state index in [1.54, 1.807) is 18.2 Å². The normalized spacial score (nSPS) is 10.4. The van der Waals surface area contributed by atoms with Crippen LogP contribution < -0.4 is 10.6 Å². The Morgan fingerprint density at radius 3 is 2.50 bits per heavy atom. The predicted octanol–water partition coefficient (Wildman–Crippen LogP) is 2.02. The van der Waals surface area contributed by atoms with E-state index < -0.39 is 0 Å². The molecular weight excluding hydrogens is 201 g/mol. The zero-order valence-electron chi connectivity index (χ0n) is 9.13. The highest BCUT2D eigenvalue weighted by Crippen LogP contribution is 2.18. The molecule has 0 aliphatic carbocycles. The van der Waals surface area contributed by atoms with E-state index in [-0.39, 0.29) is 5.82 Å². The molecule has 0 aliphatic rings. The lowest BCUT2D eigenvalue weighted by Gasteiger charge is -2.04. The van der Waals surface area contributed by atoms with E-state index in [2.05, 4.69) is 18.1 Å². The van der Waals surface area contributed by atoms with Gasteiger partial charge in [-0.1, -0.05) is 25.3 Å². The monoisotopic (exact) mass is 213 g/mol. The molecule has 0 saturated carbocycles. The largest absolute Gasteiger partial charge is 0.248 e. The summed E-state index contributed by atoms with van der Waals surface area (Å²) < 4.78 is 13.6. The first-order valence-corrected chi connectivity index (χ1v) is 5.00. The van der Waals surface area contributed by atoms with Gasteiger partial charge in [0.1, 0.15) is 5.82 Å². The Labute approximate surface area is 93.6 Å². The van der Waals surface area contributed by atoms with Crippen molar-refractivity contribution in [3.8, 4) is 11.3 Å². The number of hydrogen-bond acceptors (Lipinski definition) is 1. The Morgan fingerprint density at radius 1 is 1.19 bits per heavy atom. The number of rotatable bonds is 1. The summed E-state index contributed by atoms with van der Waals surface area (Å²) in [5, 5.41) is 1.40. The number of benzene rings is 1. The third kappa shape index (κ3) is 1.74. The number of pyridine rings is 1. The number of aromatic nitrogens is 1. The van der Waals surface area contributed by atoms with Crippen molar-refractivity contribution in [3.05, 3.63) is 52.3 Å². The summed E-state index contributed by atoms with van der Waals surface area (Å²) in [6, 6.07) is 8.41. The Hall–Kier alpha value is -1.96. The minimum absolute atomic E-state index is 0.273. The molecule has 0 unspecified atom stereocenters. The average molecular weight is 213 g/mol. The third-order valence-electron chi connectivity index (χ3n) is 2.58. The summed E-state index contributed by atoms with van der Waals surface area (Å²) in [5.41, 5.74) is 2.07. The van der Waals surface area contributed by atoms with Gasteiger partial charge in [-0.2, -0.15) is 0 Å². The second-order valence-corrected chi connectivity index (χ2v) is 3.73. The molecule has 80 valence electrons. The molecule has 0 N–H and O–H groups in total. The molecule has 1 aromatic carbocycles. The van der Waals surface area contributed by atoms with Gasteiger partial charge in [-0.15, -0.1) is 0 Å². The fourth-order valence-electron chi connectivity index (χ4n) is 1.57. The first-order valence-electron chi connectivity index (χ1n) is 5.00. The SMILES string of the molecule is C=c1nc(-c2ccccc2F)cc(C)c1=C. The summed E-state index contributed by atoms with van der Waals surface area (Å²) in [4.78, 5) is 4.25. The van der Waals surface area contributed by atoms with Crippen LogP contribution >= 0.6 is 0 Å². The van der Waals surface area contributed by atoms with Crippen molar-refractivity contribution in [1.29, 1.82) is 0 Å². The minimum Gasteiger partial charge on any atom is -0.248 e. The minimum atomic E-state index is -0.273. The number of halogens is 1. The van der Waals surface area contributed by atoms with Crippen LogP contribution in [0.2, 0.25) is 0 Å². The van der Waals surface area contributed by atoms with E-state index in [4.69, 9.17) is 0 Å². The van der Waals surface area contributed by atoms with E-state index in [0.29, 0.717) is 16.6 Å². The third-order valence-corrected chi connectivity index (χ3v) is 2.58. The van der Waals surface area contributed by atoms with Crippen LogP contribution in [0.25, 0.3) is 24.4 Å². The molecule has 0 amide bonds. The number of hydrogen-bond donors (Lipinski definition) is 0. The summed E-state index contributed by atoms with van der Waals surface area (Å²) in [7, 11) is 0. The van der Waals surface area contributed by atoms with Crippen molar-refractivity contribution in [2.24, 2.45) is 0 Å². The molecule has 0 spiro atoms. The molecule has 0 bridgehead atoms. The summed E-state index contributed by atoms with van der Waals surface area (Å²) in [6.07, 6.45) is 0. The second-order valence-electron chi connectivity index (χ2n) is 3.73. The lowest BCUT2D eigenvalue weighted by atomic mass is 10.1. The quantitative estimate of drug-likeness (QED) is 0.706.